The van der Waals surface area contributed by atoms with Crippen molar-refractivity contribution in [3.8, 4) is 0 Å². The Hall–Kier alpha value is 0.0800. The molecule has 0 atom stereocenters. The molecule has 0 rings (SSSR count). The Balaban J connectivity index is -0.000000997. The Morgan fingerprint density at radius 2 is 1.24 bits per heavy atom. The van der Waals surface area contributed by atoms with Crippen molar-refractivity contribution < 1.29 is 56.6 Å². The number of allylic oxidation sites excluding steroid dienone is 2. The third kappa shape index (κ3) is 43.0. The number of carbonyl (C=O) groups excluding carboxylic acids is 1. The number of ether oxygens (including phenoxy) is 1. The minimum absolute atomic E-state index is 0. The predicted molar refractivity (Wildman–Crippen MR) is 113 cm³/mol. The maximum atomic E-state index is 11.3. The molecule has 1 N–H and O–H groups in total. The number of rotatable bonds is 17. The van der Waals surface area contributed by atoms with Crippen LogP contribution in [-0.2, 0) is 19.9 Å². The fraction of sp³-hybridized carbons (Fsp3) is 0.857. The molecule has 0 amide bonds. The molecule has 0 fully saturated rings. The van der Waals surface area contributed by atoms with Crippen molar-refractivity contribution >= 4 is 16.4 Å². The summed E-state index contributed by atoms with van der Waals surface area (Å²) in [5.41, 5.74) is 0. The molecule has 0 aliphatic carbocycles. The van der Waals surface area contributed by atoms with Gasteiger partial charge in [-0.1, -0.05) is 77.4 Å². The summed E-state index contributed by atoms with van der Waals surface area (Å²) in [6.45, 7) is 4.86. The first kappa shape index (κ1) is 33.7. The van der Waals surface area contributed by atoms with Gasteiger partial charge in [-0.25, -0.2) is 8.42 Å². The first-order valence-electron chi connectivity index (χ1n) is 10.8. The Labute approximate surface area is 201 Å². The van der Waals surface area contributed by atoms with Gasteiger partial charge in [-0.3, -0.25) is 9.35 Å². The van der Waals surface area contributed by atoms with Crippen LogP contribution in [0.3, 0.4) is 0 Å². The summed E-state index contributed by atoms with van der Waals surface area (Å²) < 4.78 is 37.9. The van der Waals surface area contributed by atoms with Crippen LogP contribution in [0.4, 0.5) is 0 Å². The zero-order chi connectivity index (χ0) is 21.5. The molecule has 0 spiro atoms. The van der Waals surface area contributed by atoms with Gasteiger partial charge in [-0.05, 0) is 38.5 Å². The van der Waals surface area contributed by atoms with E-state index in [0.717, 1.165) is 19.3 Å². The molecule has 0 saturated heterocycles. The van der Waals surface area contributed by atoms with Gasteiger partial charge < -0.3 is 9.29 Å². The predicted octanol–water partition coefficient (Wildman–Crippen LogP) is 2.99. The number of hydrogen-bond donors (Lipinski definition) is 1. The van der Waals surface area contributed by atoms with Gasteiger partial charge in [0.15, 0.2) is 0 Å². The van der Waals surface area contributed by atoms with Crippen molar-refractivity contribution in [2.45, 2.75) is 110 Å². The summed E-state index contributed by atoms with van der Waals surface area (Å²) in [6.07, 6.45) is 23.0. The molecule has 0 heterocycles. The van der Waals surface area contributed by atoms with Crippen LogP contribution >= 0.6 is 0 Å². The number of carbonyl (C=O) groups is 1. The minimum atomic E-state index is -4.92. The van der Waals surface area contributed by atoms with E-state index in [2.05, 4.69) is 19.1 Å². The number of unbranched alkanes of at least 4 members (excludes halogenated alkanes) is 11. The van der Waals surface area contributed by atoms with Crippen molar-refractivity contribution in [3.63, 3.8) is 0 Å². The third-order valence-corrected chi connectivity index (χ3v) is 4.11. The van der Waals surface area contributed by atoms with Gasteiger partial charge in [-0.2, -0.15) is 0 Å². The van der Waals surface area contributed by atoms with Crippen molar-refractivity contribution in [2.75, 3.05) is 6.61 Å². The topological polar surface area (TPSA) is 104 Å². The molecule has 0 saturated carbocycles. The quantitative estimate of drug-likeness (QED) is 0.0924. The van der Waals surface area contributed by atoms with Crippen LogP contribution in [0.5, 0.6) is 0 Å². The fourth-order valence-electron chi connectivity index (χ4n) is 2.63. The van der Waals surface area contributed by atoms with Gasteiger partial charge in [0.2, 0.25) is 10.4 Å². The molecule has 0 aliphatic rings. The van der Waals surface area contributed by atoms with E-state index in [9.17, 15) is 4.79 Å². The molecule has 168 valence electrons. The minimum Gasteiger partial charge on any atom is -0.726 e. The van der Waals surface area contributed by atoms with E-state index in [1.54, 1.807) is 0 Å². The molecule has 0 unspecified atom stereocenters. The first-order chi connectivity index (χ1) is 13.3. The molecular weight excluding hydrogens is 403 g/mol. The molecule has 29 heavy (non-hydrogen) atoms. The maximum absolute atomic E-state index is 11.3. The average Bonchev–Trinajstić information content (AvgIpc) is 2.61. The standard InChI is InChI=1S/C21H40O2.Na.H2O4S/c1-3-5-6-7-8-9-10-11-12-13-14-15-16-17-18-19-21(22)23-20-4-2;;1-5(2,3)4/h11-12H,3-10,13-20H2,1-2H3;;(H2,1,2,3,4)/q;+1;/p-1/b12-11-;;. The third-order valence-electron chi connectivity index (χ3n) is 4.11. The van der Waals surface area contributed by atoms with Crippen LogP contribution in [0.25, 0.3) is 0 Å². The Morgan fingerprint density at radius 1 is 0.828 bits per heavy atom. The molecule has 0 bridgehead atoms. The Bertz CT molecular complexity index is 458. The second kappa shape index (κ2) is 26.1. The van der Waals surface area contributed by atoms with Crippen molar-refractivity contribution in [1.29, 1.82) is 0 Å². The van der Waals surface area contributed by atoms with E-state index < -0.39 is 10.4 Å². The van der Waals surface area contributed by atoms with Crippen LogP contribution < -0.4 is 29.6 Å². The van der Waals surface area contributed by atoms with Crippen molar-refractivity contribution in [2.24, 2.45) is 0 Å². The molecule has 6 nitrogen and oxygen atoms in total. The van der Waals surface area contributed by atoms with Crippen LogP contribution in [0.1, 0.15) is 110 Å². The largest absolute Gasteiger partial charge is 1.00 e. The molecule has 0 aromatic rings. The monoisotopic (exact) mass is 444 g/mol. The van der Waals surface area contributed by atoms with Crippen LogP contribution in [0.2, 0.25) is 0 Å². The van der Waals surface area contributed by atoms with Crippen LogP contribution in [0, 0.1) is 0 Å². The fourth-order valence-corrected chi connectivity index (χ4v) is 2.63. The van der Waals surface area contributed by atoms with E-state index in [1.165, 1.54) is 70.6 Å². The van der Waals surface area contributed by atoms with E-state index in [-0.39, 0.29) is 35.5 Å². The number of hydrogen-bond acceptors (Lipinski definition) is 5. The molecule has 0 aromatic heterocycles. The van der Waals surface area contributed by atoms with Crippen molar-refractivity contribution in [1.82, 2.24) is 0 Å². The first-order valence-corrected chi connectivity index (χ1v) is 12.2. The van der Waals surface area contributed by atoms with E-state index in [4.69, 9.17) is 22.3 Å². The normalized spacial score (nSPS) is 10.9. The van der Waals surface area contributed by atoms with E-state index in [1.807, 2.05) is 6.92 Å². The van der Waals surface area contributed by atoms with Gasteiger partial charge in [0.1, 0.15) is 0 Å². The molecule has 0 aromatic carbocycles. The van der Waals surface area contributed by atoms with E-state index in [0.29, 0.717) is 13.0 Å². The average molecular weight is 445 g/mol. The van der Waals surface area contributed by atoms with Crippen molar-refractivity contribution in [3.05, 3.63) is 12.2 Å². The molecular formula is C21H41NaO6S. The number of esters is 1. The summed E-state index contributed by atoms with van der Waals surface area (Å²) in [4.78, 5) is 11.3. The summed E-state index contributed by atoms with van der Waals surface area (Å²) in [5.74, 6) is -0.0236. The zero-order valence-electron chi connectivity index (χ0n) is 18.9. The summed E-state index contributed by atoms with van der Waals surface area (Å²) in [5, 5.41) is 0. The van der Waals surface area contributed by atoms with Gasteiger partial charge in [0, 0.05) is 6.42 Å². The maximum Gasteiger partial charge on any atom is 1.00 e. The Morgan fingerprint density at radius 3 is 1.69 bits per heavy atom. The molecule has 8 heteroatoms. The summed E-state index contributed by atoms with van der Waals surface area (Å²) >= 11 is 0. The van der Waals surface area contributed by atoms with Crippen LogP contribution in [-0.4, -0.2) is 30.1 Å². The SMILES string of the molecule is CCCCCCCC/C=C\CCCCCCCC(=O)OCCC.O=S(=O)([O-])O.[Na+]. The van der Waals surface area contributed by atoms with Crippen LogP contribution in [0.15, 0.2) is 12.2 Å². The second-order valence-electron chi connectivity index (χ2n) is 6.98. The Kier molecular flexibility index (Phi) is 30.4. The van der Waals surface area contributed by atoms with Gasteiger partial charge in [0.25, 0.3) is 0 Å². The molecule has 0 aliphatic heterocycles. The summed E-state index contributed by atoms with van der Waals surface area (Å²) in [6, 6.07) is 0. The van der Waals surface area contributed by atoms with Gasteiger partial charge in [-0.15, -0.1) is 0 Å². The van der Waals surface area contributed by atoms with Gasteiger partial charge >= 0.3 is 35.5 Å². The summed E-state index contributed by atoms with van der Waals surface area (Å²) in [7, 11) is -4.92. The second-order valence-corrected chi connectivity index (χ2v) is 7.84. The van der Waals surface area contributed by atoms with Gasteiger partial charge in [0.05, 0.1) is 6.61 Å². The van der Waals surface area contributed by atoms with E-state index >= 15 is 0 Å². The molecule has 0 radical (unpaired) electrons. The zero-order valence-corrected chi connectivity index (χ0v) is 21.7. The smallest absolute Gasteiger partial charge is 0.726 e.